The molecule has 24 heavy (non-hydrogen) atoms. The molecule has 3 rings (SSSR count). The Morgan fingerprint density at radius 2 is 2.21 bits per heavy atom. The predicted octanol–water partition coefficient (Wildman–Crippen LogP) is 3.67. The lowest BCUT2D eigenvalue weighted by atomic mass is 10.1. The molecule has 0 aliphatic carbocycles. The van der Waals surface area contributed by atoms with Crippen LogP contribution in [0.4, 0.5) is 9.93 Å². The second-order valence-corrected chi connectivity index (χ2v) is 7.13. The number of rotatable bonds is 3. The zero-order chi connectivity index (χ0) is 17.1. The van der Waals surface area contributed by atoms with E-state index in [1.165, 1.54) is 11.3 Å². The molecule has 0 radical (unpaired) electrons. The topological polar surface area (TPSA) is 71.5 Å². The van der Waals surface area contributed by atoms with Crippen LogP contribution in [0, 0.1) is 0 Å². The summed E-state index contributed by atoms with van der Waals surface area (Å²) in [5.74, 6) is -0.0126. The lowest BCUT2D eigenvalue weighted by molar-refractivity contribution is 0.0735. The van der Waals surface area contributed by atoms with E-state index in [9.17, 15) is 9.59 Å². The van der Waals surface area contributed by atoms with E-state index in [0.29, 0.717) is 36.8 Å². The van der Waals surface area contributed by atoms with Crippen LogP contribution >= 0.6 is 27.3 Å². The van der Waals surface area contributed by atoms with E-state index in [0.717, 1.165) is 15.0 Å². The van der Waals surface area contributed by atoms with Crippen molar-refractivity contribution in [3.63, 3.8) is 0 Å². The van der Waals surface area contributed by atoms with Gasteiger partial charge in [0.1, 0.15) is 0 Å². The van der Waals surface area contributed by atoms with E-state index in [1.807, 2.05) is 24.3 Å². The maximum atomic E-state index is 12.7. The summed E-state index contributed by atoms with van der Waals surface area (Å²) in [6, 6.07) is 7.39. The Morgan fingerprint density at radius 3 is 2.96 bits per heavy atom. The molecule has 1 N–H and O–H groups in total. The number of hydrogen-bond acceptors (Lipinski definition) is 5. The largest absolute Gasteiger partial charge is 0.450 e. The molecular formula is C16H16BrN3O3S. The third-order valence-electron chi connectivity index (χ3n) is 3.61. The van der Waals surface area contributed by atoms with E-state index in [2.05, 4.69) is 26.2 Å². The molecule has 0 fully saturated rings. The monoisotopic (exact) mass is 409 g/mol. The Bertz CT molecular complexity index is 778. The number of fused-ring (bicyclic) bond motifs is 1. The van der Waals surface area contributed by atoms with Crippen molar-refractivity contribution < 1.29 is 14.3 Å². The minimum absolute atomic E-state index is 0.0126. The van der Waals surface area contributed by atoms with E-state index < -0.39 is 6.09 Å². The number of anilines is 1. The number of halogens is 1. The third-order valence-corrected chi connectivity index (χ3v) is 5.30. The summed E-state index contributed by atoms with van der Waals surface area (Å²) in [7, 11) is 0. The van der Waals surface area contributed by atoms with Gasteiger partial charge in [0.25, 0.3) is 5.91 Å². The molecule has 0 unspecified atom stereocenters. The predicted molar refractivity (Wildman–Crippen MR) is 95.3 cm³/mol. The molecule has 2 heterocycles. The molecule has 126 valence electrons. The molecular weight excluding hydrogens is 394 g/mol. The SMILES string of the molecule is CCOC(=O)Nc1nc2c(s1)CN(C(=O)c1ccccc1Br)CC2. The van der Waals surface area contributed by atoms with Gasteiger partial charge in [-0.05, 0) is 35.0 Å². The zero-order valence-corrected chi connectivity index (χ0v) is 15.4. The maximum absolute atomic E-state index is 12.7. The highest BCUT2D eigenvalue weighted by Crippen LogP contribution is 2.30. The number of amides is 2. The molecule has 1 aromatic carbocycles. The first kappa shape index (κ1) is 16.9. The summed E-state index contributed by atoms with van der Waals surface area (Å²) in [6.45, 7) is 3.16. The third kappa shape index (κ3) is 3.59. The molecule has 8 heteroatoms. The van der Waals surface area contributed by atoms with Gasteiger partial charge in [0.15, 0.2) is 5.13 Å². The average Bonchev–Trinajstić information content (AvgIpc) is 2.96. The summed E-state index contributed by atoms with van der Waals surface area (Å²) in [5.41, 5.74) is 1.58. The minimum atomic E-state index is -0.509. The summed E-state index contributed by atoms with van der Waals surface area (Å²) >= 11 is 4.80. The molecule has 0 saturated heterocycles. The van der Waals surface area contributed by atoms with Crippen LogP contribution in [0.2, 0.25) is 0 Å². The summed E-state index contributed by atoms with van der Waals surface area (Å²) in [4.78, 5) is 31.4. The van der Waals surface area contributed by atoms with Gasteiger partial charge in [-0.2, -0.15) is 0 Å². The highest BCUT2D eigenvalue weighted by molar-refractivity contribution is 9.10. The van der Waals surface area contributed by atoms with E-state index in [-0.39, 0.29) is 5.91 Å². The van der Waals surface area contributed by atoms with Crippen LogP contribution in [0.15, 0.2) is 28.7 Å². The summed E-state index contributed by atoms with van der Waals surface area (Å²) in [6.07, 6.45) is 0.164. The van der Waals surface area contributed by atoms with E-state index >= 15 is 0 Å². The summed E-state index contributed by atoms with van der Waals surface area (Å²) < 4.78 is 5.64. The van der Waals surface area contributed by atoms with Crippen molar-refractivity contribution in [2.24, 2.45) is 0 Å². The Labute approximate surface area is 152 Å². The molecule has 2 aromatic rings. The number of nitrogens with one attached hydrogen (secondary N) is 1. The molecule has 6 nitrogen and oxygen atoms in total. The number of hydrogen-bond donors (Lipinski definition) is 1. The fourth-order valence-electron chi connectivity index (χ4n) is 2.48. The van der Waals surface area contributed by atoms with E-state index in [4.69, 9.17) is 4.74 Å². The fourth-order valence-corrected chi connectivity index (χ4v) is 3.95. The normalized spacial score (nSPS) is 13.3. The average molecular weight is 410 g/mol. The van der Waals surface area contributed by atoms with Gasteiger partial charge in [0.2, 0.25) is 0 Å². The van der Waals surface area contributed by atoms with Gasteiger partial charge in [-0.3, -0.25) is 10.1 Å². The minimum Gasteiger partial charge on any atom is -0.450 e. The van der Waals surface area contributed by atoms with Crippen LogP contribution in [0.25, 0.3) is 0 Å². The number of nitrogens with zero attached hydrogens (tertiary/aromatic N) is 2. The highest BCUT2D eigenvalue weighted by Gasteiger charge is 2.26. The molecule has 0 bridgehead atoms. The van der Waals surface area contributed by atoms with Crippen LogP contribution in [0.3, 0.4) is 0 Å². The fraction of sp³-hybridized carbons (Fsp3) is 0.312. The van der Waals surface area contributed by atoms with Gasteiger partial charge < -0.3 is 9.64 Å². The Kier molecular flexibility index (Phi) is 5.15. The number of thiazole rings is 1. The lowest BCUT2D eigenvalue weighted by Gasteiger charge is -2.26. The lowest BCUT2D eigenvalue weighted by Crippen LogP contribution is -2.35. The molecule has 0 spiro atoms. The Hall–Kier alpha value is -1.93. The first-order valence-corrected chi connectivity index (χ1v) is 9.15. The van der Waals surface area contributed by atoms with Crippen molar-refractivity contribution in [2.45, 2.75) is 19.9 Å². The first-order chi connectivity index (χ1) is 11.6. The van der Waals surface area contributed by atoms with Gasteiger partial charge >= 0.3 is 6.09 Å². The standard InChI is InChI=1S/C16H16BrN3O3S/c1-2-23-16(22)19-15-18-12-7-8-20(9-13(12)24-15)14(21)10-5-3-4-6-11(10)17/h3-6H,2,7-9H2,1H3,(H,18,19,22). The molecule has 2 amide bonds. The quantitative estimate of drug-likeness (QED) is 0.838. The molecule has 1 aliphatic rings. The highest BCUT2D eigenvalue weighted by atomic mass is 79.9. The molecule has 0 atom stereocenters. The van der Waals surface area contributed by atoms with Gasteiger partial charge in [-0.1, -0.05) is 23.5 Å². The number of benzene rings is 1. The van der Waals surface area contributed by atoms with Gasteiger partial charge in [-0.15, -0.1) is 0 Å². The van der Waals surface area contributed by atoms with Gasteiger partial charge in [0.05, 0.1) is 24.4 Å². The van der Waals surface area contributed by atoms with Crippen molar-refractivity contribution in [2.75, 3.05) is 18.5 Å². The number of aromatic nitrogens is 1. The van der Waals surface area contributed by atoms with Crippen molar-refractivity contribution in [3.8, 4) is 0 Å². The number of carbonyl (C=O) groups excluding carboxylic acids is 2. The second kappa shape index (κ2) is 7.31. The van der Waals surface area contributed by atoms with Gasteiger partial charge in [0, 0.05) is 22.3 Å². The first-order valence-electron chi connectivity index (χ1n) is 7.54. The molecule has 0 saturated carbocycles. The Balaban J connectivity index is 1.73. The second-order valence-electron chi connectivity index (χ2n) is 5.19. The van der Waals surface area contributed by atoms with Crippen LogP contribution in [-0.2, 0) is 17.7 Å². The van der Waals surface area contributed by atoms with Crippen LogP contribution in [0.1, 0.15) is 27.9 Å². The van der Waals surface area contributed by atoms with Crippen molar-refractivity contribution in [1.29, 1.82) is 0 Å². The number of ether oxygens (including phenoxy) is 1. The van der Waals surface area contributed by atoms with Crippen LogP contribution < -0.4 is 5.32 Å². The zero-order valence-electron chi connectivity index (χ0n) is 13.0. The van der Waals surface area contributed by atoms with Crippen molar-refractivity contribution in [3.05, 3.63) is 44.9 Å². The molecule has 1 aliphatic heterocycles. The van der Waals surface area contributed by atoms with E-state index in [1.54, 1.807) is 11.8 Å². The Morgan fingerprint density at radius 1 is 1.42 bits per heavy atom. The smallest absolute Gasteiger partial charge is 0.413 e. The van der Waals surface area contributed by atoms with Crippen molar-refractivity contribution in [1.82, 2.24) is 9.88 Å². The van der Waals surface area contributed by atoms with Crippen molar-refractivity contribution >= 4 is 44.4 Å². The van der Waals surface area contributed by atoms with Gasteiger partial charge in [-0.25, -0.2) is 9.78 Å². The maximum Gasteiger partial charge on any atom is 0.413 e. The molecule has 1 aromatic heterocycles. The summed E-state index contributed by atoms with van der Waals surface area (Å²) in [5, 5.41) is 3.13. The number of carbonyl (C=O) groups is 2. The van der Waals surface area contributed by atoms with Crippen LogP contribution in [-0.4, -0.2) is 35.0 Å². The van der Waals surface area contributed by atoms with Crippen LogP contribution in [0.5, 0.6) is 0 Å².